The molecule has 0 saturated carbocycles. The lowest BCUT2D eigenvalue weighted by molar-refractivity contribution is 0.698. The van der Waals surface area contributed by atoms with Crippen LogP contribution in [0.4, 0.5) is 0 Å². The molecule has 0 fully saturated rings. The average molecular weight is 316 g/mol. The summed E-state index contributed by atoms with van der Waals surface area (Å²) in [6.07, 6.45) is 1.90. The largest absolute Gasteiger partial charge is 0.356 e. The first kappa shape index (κ1) is 16.5. The van der Waals surface area contributed by atoms with Crippen molar-refractivity contribution in [2.45, 2.75) is 33.2 Å². The summed E-state index contributed by atoms with van der Waals surface area (Å²) < 4.78 is 0. The minimum Gasteiger partial charge on any atom is -0.356 e. The van der Waals surface area contributed by atoms with Gasteiger partial charge >= 0.3 is 0 Å². The summed E-state index contributed by atoms with van der Waals surface area (Å²) in [6, 6.07) is 8.65. The minimum atomic E-state index is 0.431. The van der Waals surface area contributed by atoms with Crippen molar-refractivity contribution in [2.24, 2.45) is 4.99 Å². The first-order valence-corrected chi connectivity index (χ1v) is 8.32. The molecule has 1 aromatic heterocycles. The fourth-order valence-electron chi connectivity index (χ4n) is 2.21. The van der Waals surface area contributed by atoms with Crippen LogP contribution in [0.5, 0.6) is 0 Å². The molecule has 1 atom stereocenters. The summed E-state index contributed by atoms with van der Waals surface area (Å²) in [4.78, 5) is 9.84. The summed E-state index contributed by atoms with van der Waals surface area (Å²) >= 11 is 1.71. The summed E-state index contributed by atoms with van der Waals surface area (Å²) in [6.45, 7) is 7.97. The van der Waals surface area contributed by atoms with Crippen LogP contribution in [0, 0.1) is 13.8 Å². The van der Waals surface area contributed by atoms with Gasteiger partial charge in [-0.15, -0.1) is 11.3 Å². The molecular formula is C17H24N4S. The van der Waals surface area contributed by atoms with Gasteiger partial charge in [-0.2, -0.15) is 0 Å². The first-order chi connectivity index (χ1) is 10.6. The van der Waals surface area contributed by atoms with E-state index in [2.05, 4.69) is 65.6 Å². The summed E-state index contributed by atoms with van der Waals surface area (Å²) in [5, 5.41) is 7.76. The van der Waals surface area contributed by atoms with Crippen LogP contribution in [0.2, 0.25) is 0 Å². The molecule has 1 heterocycles. The Morgan fingerprint density at radius 3 is 2.77 bits per heavy atom. The molecule has 22 heavy (non-hydrogen) atoms. The van der Waals surface area contributed by atoms with Gasteiger partial charge in [-0.3, -0.25) is 4.99 Å². The van der Waals surface area contributed by atoms with Crippen molar-refractivity contribution in [2.75, 3.05) is 13.6 Å². The number of hydrogen-bond donors (Lipinski definition) is 2. The molecular weight excluding hydrogens is 292 g/mol. The van der Waals surface area contributed by atoms with E-state index in [4.69, 9.17) is 0 Å². The van der Waals surface area contributed by atoms with Gasteiger partial charge in [-0.1, -0.05) is 36.8 Å². The zero-order valence-corrected chi connectivity index (χ0v) is 14.5. The minimum absolute atomic E-state index is 0.431. The molecule has 2 aromatic rings. The van der Waals surface area contributed by atoms with E-state index < -0.39 is 0 Å². The smallest absolute Gasteiger partial charge is 0.191 e. The second-order valence-corrected chi connectivity index (χ2v) is 6.81. The van der Waals surface area contributed by atoms with Crippen LogP contribution in [0.3, 0.4) is 0 Å². The van der Waals surface area contributed by atoms with Gasteiger partial charge in [-0.05, 0) is 25.3 Å². The van der Waals surface area contributed by atoms with E-state index in [0.717, 1.165) is 17.5 Å². The fraction of sp³-hybridized carbons (Fsp3) is 0.412. The molecule has 0 bridgehead atoms. The summed E-state index contributed by atoms with van der Waals surface area (Å²) in [5.41, 5.74) is 2.64. The van der Waals surface area contributed by atoms with Gasteiger partial charge in [-0.25, -0.2) is 4.98 Å². The Balaban J connectivity index is 1.83. The second-order valence-electron chi connectivity index (χ2n) is 5.49. The van der Waals surface area contributed by atoms with Crippen LogP contribution in [0.25, 0.3) is 0 Å². The molecule has 0 saturated heterocycles. The molecule has 0 spiro atoms. The quantitative estimate of drug-likeness (QED) is 0.658. The number of aryl methyl sites for hydroxylation is 2. The van der Waals surface area contributed by atoms with Gasteiger partial charge in [0.15, 0.2) is 5.96 Å². The van der Waals surface area contributed by atoms with Crippen molar-refractivity contribution in [3.05, 3.63) is 51.5 Å². The summed E-state index contributed by atoms with van der Waals surface area (Å²) in [7, 11) is 1.79. The van der Waals surface area contributed by atoms with Gasteiger partial charge in [0.05, 0.1) is 6.54 Å². The third kappa shape index (κ3) is 4.84. The number of nitrogens with zero attached hydrogens (tertiary/aromatic N) is 2. The number of benzene rings is 1. The van der Waals surface area contributed by atoms with E-state index in [1.165, 1.54) is 16.0 Å². The highest BCUT2D eigenvalue weighted by Crippen LogP contribution is 2.15. The summed E-state index contributed by atoms with van der Waals surface area (Å²) in [5.74, 6) is 1.24. The van der Waals surface area contributed by atoms with Crippen LogP contribution in [0.15, 0.2) is 35.5 Å². The standard InChI is InChI=1S/C17H24N4S/c1-12-6-5-7-15(8-12)13(2)9-20-17(18-4)21-11-16-19-10-14(3)22-16/h5-8,10,13H,9,11H2,1-4H3,(H2,18,20,21). The van der Waals surface area contributed by atoms with Gasteiger partial charge in [0, 0.05) is 24.7 Å². The highest BCUT2D eigenvalue weighted by Gasteiger charge is 2.07. The predicted octanol–water partition coefficient (Wildman–Crippen LogP) is 3.23. The monoisotopic (exact) mass is 316 g/mol. The van der Waals surface area contributed by atoms with Gasteiger partial charge in [0.25, 0.3) is 0 Å². The third-order valence-corrected chi connectivity index (χ3v) is 4.40. The number of nitrogens with one attached hydrogen (secondary N) is 2. The lowest BCUT2D eigenvalue weighted by atomic mass is 9.99. The van der Waals surface area contributed by atoms with Crippen LogP contribution in [-0.4, -0.2) is 24.5 Å². The Bertz CT molecular complexity index is 633. The van der Waals surface area contributed by atoms with Crippen molar-refractivity contribution in [1.29, 1.82) is 0 Å². The van der Waals surface area contributed by atoms with Crippen molar-refractivity contribution < 1.29 is 0 Å². The maximum absolute atomic E-state index is 4.35. The normalized spacial score (nSPS) is 13.0. The van der Waals surface area contributed by atoms with Crippen LogP contribution >= 0.6 is 11.3 Å². The maximum atomic E-state index is 4.35. The number of guanidine groups is 1. The topological polar surface area (TPSA) is 49.3 Å². The Morgan fingerprint density at radius 2 is 2.14 bits per heavy atom. The molecule has 4 nitrogen and oxygen atoms in total. The third-order valence-electron chi connectivity index (χ3n) is 3.49. The van der Waals surface area contributed by atoms with E-state index >= 15 is 0 Å². The highest BCUT2D eigenvalue weighted by molar-refractivity contribution is 7.11. The molecule has 0 radical (unpaired) electrons. The van der Waals surface area contributed by atoms with Gasteiger partial charge in [0.1, 0.15) is 5.01 Å². The Labute approximate surface area is 136 Å². The van der Waals surface area contributed by atoms with Crippen molar-refractivity contribution in [3.63, 3.8) is 0 Å². The Kier molecular flexibility index (Phi) is 5.95. The molecule has 0 amide bonds. The number of aromatic nitrogens is 1. The van der Waals surface area contributed by atoms with Crippen molar-refractivity contribution in [1.82, 2.24) is 15.6 Å². The van der Waals surface area contributed by atoms with Crippen molar-refractivity contribution in [3.8, 4) is 0 Å². The number of aliphatic imine (C=N–C) groups is 1. The highest BCUT2D eigenvalue weighted by atomic mass is 32.1. The molecule has 2 N–H and O–H groups in total. The number of rotatable bonds is 5. The van der Waals surface area contributed by atoms with Crippen LogP contribution < -0.4 is 10.6 Å². The molecule has 0 aliphatic rings. The van der Waals surface area contributed by atoms with Crippen molar-refractivity contribution >= 4 is 17.3 Å². The second kappa shape index (κ2) is 7.94. The molecule has 1 unspecified atom stereocenters. The fourth-order valence-corrected chi connectivity index (χ4v) is 2.93. The lowest BCUT2D eigenvalue weighted by Gasteiger charge is -2.16. The van der Waals surface area contributed by atoms with E-state index in [9.17, 15) is 0 Å². The Morgan fingerprint density at radius 1 is 1.32 bits per heavy atom. The zero-order valence-electron chi connectivity index (χ0n) is 13.7. The molecule has 118 valence electrons. The van der Waals surface area contributed by atoms with Crippen LogP contribution in [-0.2, 0) is 6.54 Å². The van der Waals surface area contributed by atoms with Gasteiger partial charge < -0.3 is 10.6 Å². The Hall–Kier alpha value is -1.88. The molecule has 0 aliphatic carbocycles. The zero-order chi connectivity index (χ0) is 15.9. The molecule has 1 aromatic carbocycles. The molecule has 5 heteroatoms. The van der Waals surface area contributed by atoms with Crippen LogP contribution in [0.1, 0.15) is 33.9 Å². The maximum Gasteiger partial charge on any atom is 0.191 e. The van der Waals surface area contributed by atoms with E-state index in [1.807, 2.05) is 6.20 Å². The molecule has 2 rings (SSSR count). The first-order valence-electron chi connectivity index (χ1n) is 7.51. The van der Waals surface area contributed by atoms with E-state index in [0.29, 0.717) is 12.5 Å². The SMILES string of the molecule is CN=C(NCc1ncc(C)s1)NCC(C)c1cccc(C)c1. The molecule has 0 aliphatic heterocycles. The lowest BCUT2D eigenvalue weighted by Crippen LogP contribution is -2.38. The number of thiazole rings is 1. The number of hydrogen-bond acceptors (Lipinski definition) is 3. The van der Waals surface area contributed by atoms with Gasteiger partial charge in [0.2, 0.25) is 0 Å². The predicted molar refractivity (Wildman–Crippen MR) is 94.6 cm³/mol. The van der Waals surface area contributed by atoms with E-state index in [-0.39, 0.29) is 0 Å². The average Bonchev–Trinajstić information content (AvgIpc) is 2.92. The van der Waals surface area contributed by atoms with E-state index in [1.54, 1.807) is 18.4 Å².